The molecule has 1 aliphatic carbocycles. The minimum atomic E-state index is 0.784. The molecular weight excluding hydrogens is 216 g/mol. The predicted octanol–water partition coefficient (Wildman–Crippen LogP) is 2.45. The summed E-state index contributed by atoms with van der Waals surface area (Å²) in [4.78, 5) is 2.51. The molecule has 1 atom stereocenters. The third-order valence-corrected chi connectivity index (χ3v) is 4.47. The van der Waals surface area contributed by atoms with E-state index < -0.39 is 0 Å². The van der Waals surface area contributed by atoms with Crippen LogP contribution < -0.4 is 5.32 Å². The van der Waals surface area contributed by atoms with E-state index in [2.05, 4.69) is 42.7 Å². The molecule has 0 bridgehead atoms. The van der Waals surface area contributed by atoms with E-state index in [-0.39, 0.29) is 0 Å². The van der Waals surface area contributed by atoms with Gasteiger partial charge in [-0.1, -0.05) is 20.8 Å². The van der Waals surface area contributed by atoms with Gasteiger partial charge in [0, 0.05) is 24.1 Å². The van der Waals surface area contributed by atoms with E-state index >= 15 is 0 Å². The van der Waals surface area contributed by atoms with Gasteiger partial charge in [0.25, 0.3) is 0 Å². The molecule has 1 rings (SSSR count). The monoisotopic (exact) mass is 244 g/mol. The molecule has 2 nitrogen and oxygen atoms in total. The highest BCUT2D eigenvalue weighted by Crippen LogP contribution is 2.33. The SMILES string of the molecule is CCNC(CSCCN(CC)CC)C1CC1. The zero-order chi connectivity index (χ0) is 11.8. The first-order valence-electron chi connectivity index (χ1n) is 6.85. The summed E-state index contributed by atoms with van der Waals surface area (Å²) in [6.45, 7) is 11.5. The molecule has 1 unspecified atom stereocenters. The molecule has 1 aliphatic rings. The summed E-state index contributed by atoms with van der Waals surface area (Å²) in [5, 5.41) is 3.63. The zero-order valence-corrected chi connectivity index (χ0v) is 12.0. The van der Waals surface area contributed by atoms with Gasteiger partial charge in [0.15, 0.2) is 0 Å². The van der Waals surface area contributed by atoms with Crippen molar-refractivity contribution in [3.8, 4) is 0 Å². The molecule has 0 radical (unpaired) electrons. The summed E-state index contributed by atoms with van der Waals surface area (Å²) >= 11 is 2.12. The number of nitrogens with one attached hydrogen (secondary N) is 1. The molecule has 0 amide bonds. The van der Waals surface area contributed by atoms with Crippen LogP contribution in [0.25, 0.3) is 0 Å². The molecule has 0 spiro atoms. The molecular formula is C13H28N2S. The first-order chi connectivity index (χ1) is 7.81. The van der Waals surface area contributed by atoms with E-state index in [0.717, 1.165) is 18.5 Å². The van der Waals surface area contributed by atoms with Crippen molar-refractivity contribution in [3.05, 3.63) is 0 Å². The van der Waals surface area contributed by atoms with Gasteiger partial charge in [0.2, 0.25) is 0 Å². The van der Waals surface area contributed by atoms with Crippen LogP contribution in [0, 0.1) is 5.92 Å². The summed E-state index contributed by atoms with van der Waals surface area (Å²) in [5.74, 6) is 3.58. The van der Waals surface area contributed by atoms with Gasteiger partial charge >= 0.3 is 0 Å². The van der Waals surface area contributed by atoms with Crippen molar-refractivity contribution in [2.75, 3.05) is 37.7 Å². The van der Waals surface area contributed by atoms with Crippen molar-refractivity contribution >= 4 is 11.8 Å². The van der Waals surface area contributed by atoms with E-state index in [4.69, 9.17) is 0 Å². The molecule has 1 N–H and O–H groups in total. The Labute approximate surface area is 106 Å². The molecule has 0 aromatic heterocycles. The maximum absolute atomic E-state index is 3.63. The van der Waals surface area contributed by atoms with Gasteiger partial charge in [-0.25, -0.2) is 0 Å². The fourth-order valence-electron chi connectivity index (χ4n) is 2.07. The lowest BCUT2D eigenvalue weighted by atomic mass is 10.2. The highest BCUT2D eigenvalue weighted by Gasteiger charge is 2.30. The van der Waals surface area contributed by atoms with Crippen molar-refractivity contribution < 1.29 is 0 Å². The largest absolute Gasteiger partial charge is 0.313 e. The quantitative estimate of drug-likeness (QED) is 0.594. The van der Waals surface area contributed by atoms with Crippen LogP contribution in [0.15, 0.2) is 0 Å². The van der Waals surface area contributed by atoms with Crippen molar-refractivity contribution in [1.82, 2.24) is 10.2 Å². The van der Waals surface area contributed by atoms with Gasteiger partial charge in [-0.05, 0) is 38.4 Å². The van der Waals surface area contributed by atoms with Crippen LogP contribution in [-0.4, -0.2) is 48.6 Å². The molecule has 0 aromatic rings. The highest BCUT2D eigenvalue weighted by molar-refractivity contribution is 7.99. The van der Waals surface area contributed by atoms with Gasteiger partial charge in [-0.2, -0.15) is 11.8 Å². The van der Waals surface area contributed by atoms with E-state index in [0.29, 0.717) is 0 Å². The molecule has 96 valence electrons. The molecule has 0 aromatic carbocycles. The van der Waals surface area contributed by atoms with E-state index in [9.17, 15) is 0 Å². The fourth-order valence-corrected chi connectivity index (χ4v) is 3.26. The first-order valence-corrected chi connectivity index (χ1v) is 8.00. The van der Waals surface area contributed by atoms with Crippen molar-refractivity contribution in [2.24, 2.45) is 5.92 Å². The average Bonchev–Trinajstić information content (AvgIpc) is 3.12. The minimum absolute atomic E-state index is 0.784. The second-order valence-electron chi connectivity index (χ2n) is 4.60. The summed E-state index contributed by atoms with van der Waals surface area (Å²) in [5.41, 5.74) is 0. The lowest BCUT2D eigenvalue weighted by Gasteiger charge is -2.20. The van der Waals surface area contributed by atoms with Crippen LogP contribution in [0.3, 0.4) is 0 Å². The Hall–Kier alpha value is 0.270. The Balaban J connectivity index is 2.03. The van der Waals surface area contributed by atoms with E-state index in [1.807, 2.05) is 0 Å². The Bertz CT molecular complexity index is 167. The van der Waals surface area contributed by atoms with Gasteiger partial charge in [0.05, 0.1) is 0 Å². The second-order valence-corrected chi connectivity index (χ2v) is 5.75. The third kappa shape index (κ3) is 5.55. The van der Waals surface area contributed by atoms with Gasteiger partial charge in [-0.15, -0.1) is 0 Å². The normalized spacial score (nSPS) is 18.0. The third-order valence-electron chi connectivity index (χ3n) is 3.40. The molecule has 0 heterocycles. The van der Waals surface area contributed by atoms with Crippen LogP contribution in [0.2, 0.25) is 0 Å². The lowest BCUT2D eigenvalue weighted by molar-refractivity contribution is 0.324. The Morgan fingerprint density at radius 2 is 1.94 bits per heavy atom. The number of rotatable bonds is 10. The Morgan fingerprint density at radius 1 is 1.25 bits per heavy atom. The summed E-state index contributed by atoms with van der Waals surface area (Å²) in [7, 11) is 0. The fraction of sp³-hybridized carbons (Fsp3) is 1.00. The average molecular weight is 244 g/mol. The van der Waals surface area contributed by atoms with Gasteiger partial charge in [-0.3, -0.25) is 0 Å². The molecule has 1 saturated carbocycles. The van der Waals surface area contributed by atoms with Crippen LogP contribution in [-0.2, 0) is 0 Å². The number of hydrogen-bond acceptors (Lipinski definition) is 3. The summed E-state index contributed by atoms with van der Waals surface area (Å²) in [6, 6.07) is 0.784. The molecule has 0 aliphatic heterocycles. The van der Waals surface area contributed by atoms with Crippen molar-refractivity contribution in [3.63, 3.8) is 0 Å². The van der Waals surface area contributed by atoms with Gasteiger partial charge in [0.1, 0.15) is 0 Å². The summed E-state index contributed by atoms with van der Waals surface area (Å²) in [6.07, 6.45) is 2.91. The minimum Gasteiger partial charge on any atom is -0.313 e. The maximum atomic E-state index is 3.63. The highest BCUT2D eigenvalue weighted by atomic mass is 32.2. The second kappa shape index (κ2) is 8.37. The van der Waals surface area contributed by atoms with E-state index in [1.54, 1.807) is 0 Å². The number of nitrogens with zero attached hydrogens (tertiary/aromatic N) is 1. The molecule has 0 saturated heterocycles. The molecule has 16 heavy (non-hydrogen) atoms. The first kappa shape index (κ1) is 14.3. The topological polar surface area (TPSA) is 15.3 Å². The van der Waals surface area contributed by atoms with Crippen LogP contribution in [0.5, 0.6) is 0 Å². The molecule has 1 fully saturated rings. The smallest absolute Gasteiger partial charge is 0.0186 e. The van der Waals surface area contributed by atoms with Crippen molar-refractivity contribution in [2.45, 2.75) is 39.7 Å². The number of thioether (sulfide) groups is 1. The summed E-state index contributed by atoms with van der Waals surface area (Å²) < 4.78 is 0. The molecule has 3 heteroatoms. The van der Waals surface area contributed by atoms with E-state index in [1.165, 1.54) is 44.0 Å². The standard InChI is InChI=1S/C13H28N2S/c1-4-14-13(12-7-8-12)11-16-10-9-15(5-2)6-3/h12-14H,4-11H2,1-3H3. The van der Waals surface area contributed by atoms with Crippen LogP contribution in [0.1, 0.15) is 33.6 Å². The Kier molecular flexibility index (Phi) is 7.50. The van der Waals surface area contributed by atoms with Crippen molar-refractivity contribution in [1.29, 1.82) is 0 Å². The van der Waals surface area contributed by atoms with Crippen LogP contribution in [0.4, 0.5) is 0 Å². The number of hydrogen-bond donors (Lipinski definition) is 1. The van der Waals surface area contributed by atoms with Gasteiger partial charge < -0.3 is 10.2 Å². The lowest BCUT2D eigenvalue weighted by Crippen LogP contribution is -2.33. The maximum Gasteiger partial charge on any atom is 0.0186 e. The Morgan fingerprint density at radius 3 is 2.44 bits per heavy atom. The van der Waals surface area contributed by atoms with Crippen LogP contribution >= 0.6 is 11.8 Å². The predicted molar refractivity (Wildman–Crippen MR) is 75.3 cm³/mol. The zero-order valence-electron chi connectivity index (χ0n) is 11.2.